The lowest BCUT2D eigenvalue weighted by molar-refractivity contribution is -0.126. The Balaban J connectivity index is 1.18. The number of amides is 2. The SMILES string of the molecule is Cc1nn(-c2ccccc2)c(-n2cccc2)c1C(=O)N1CCC(C(=O)NCCCN2CC(C)CC(C)C2)CC1. The van der Waals surface area contributed by atoms with Crippen LogP contribution in [0.3, 0.4) is 0 Å². The zero-order chi connectivity index (χ0) is 27.4. The van der Waals surface area contributed by atoms with Gasteiger partial charge in [0.05, 0.1) is 11.4 Å². The van der Waals surface area contributed by atoms with Crippen molar-refractivity contribution in [2.24, 2.45) is 17.8 Å². The average Bonchev–Trinajstić information content (AvgIpc) is 3.58. The van der Waals surface area contributed by atoms with Crippen LogP contribution in [0.4, 0.5) is 0 Å². The van der Waals surface area contributed by atoms with Gasteiger partial charge in [-0.15, -0.1) is 0 Å². The van der Waals surface area contributed by atoms with Crippen molar-refractivity contribution < 1.29 is 9.59 Å². The van der Waals surface area contributed by atoms with Gasteiger partial charge in [-0.1, -0.05) is 32.0 Å². The maximum atomic E-state index is 13.8. The van der Waals surface area contributed by atoms with Crippen molar-refractivity contribution in [3.8, 4) is 11.5 Å². The fourth-order valence-corrected chi connectivity index (χ4v) is 6.36. The molecule has 39 heavy (non-hydrogen) atoms. The number of aryl methyl sites for hydroxylation is 1. The summed E-state index contributed by atoms with van der Waals surface area (Å²) in [6.07, 6.45) is 7.55. The Morgan fingerprint density at radius 3 is 2.31 bits per heavy atom. The number of hydrogen-bond donors (Lipinski definition) is 1. The molecule has 2 aliphatic heterocycles. The number of nitrogens with one attached hydrogen (secondary N) is 1. The smallest absolute Gasteiger partial charge is 0.259 e. The summed E-state index contributed by atoms with van der Waals surface area (Å²) in [5.74, 6) is 2.32. The molecule has 2 unspecified atom stereocenters. The third kappa shape index (κ3) is 6.27. The molecule has 0 bridgehead atoms. The van der Waals surface area contributed by atoms with E-state index in [1.54, 1.807) is 0 Å². The molecule has 1 aromatic carbocycles. The molecule has 1 N–H and O–H groups in total. The van der Waals surface area contributed by atoms with Crippen LogP contribution in [0.2, 0.25) is 0 Å². The molecule has 0 spiro atoms. The number of likely N-dealkylation sites (tertiary alicyclic amines) is 2. The van der Waals surface area contributed by atoms with Crippen LogP contribution in [0.25, 0.3) is 11.5 Å². The van der Waals surface area contributed by atoms with E-state index in [0.717, 1.165) is 42.9 Å². The van der Waals surface area contributed by atoms with E-state index >= 15 is 0 Å². The Kier molecular flexibility index (Phi) is 8.50. The van der Waals surface area contributed by atoms with Crippen molar-refractivity contribution in [3.05, 3.63) is 66.1 Å². The predicted molar refractivity (Wildman–Crippen MR) is 153 cm³/mol. The van der Waals surface area contributed by atoms with E-state index in [1.165, 1.54) is 19.5 Å². The van der Waals surface area contributed by atoms with Gasteiger partial charge < -0.3 is 19.7 Å². The van der Waals surface area contributed by atoms with Crippen LogP contribution in [-0.4, -0.2) is 75.2 Å². The third-order valence-electron chi connectivity index (χ3n) is 8.15. The molecule has 2 atom stereocenters. The lowest BCUT2D eigenvalue weighted by Gasteiger charge is -2.35. The van der Waals surface area contributed by atoms with Crippen molar-refractivity contribution in [1.82, 2.24) is 29.5 Å². The fraction of sp³-hybridized carbons (Fsp3) is 0.516. The molecule has 208 valence electrons. The van der Waals surface area contributed by atoms with Gasteiger partial charge in [0.1, 0.15) is 5.56 Å². The molecule has 3 aromatic rings. The Morgan fingerprint density at radius 2 is 1.64 bits per heavy atom. The highest BCUT2D eigenvalue weighted by Gasteiger charge is 2.32. The molecular weight excluding hydrogens is 488 g/mol. The second-order valence-electron chi connectivity index (χ2n) is 11.5. The van der Waals surface area contributed by atoms with E-state index in [1.807, 2.05) is 75.9 Å². The lowest BCUT2D eigenvalue weighted by atomic mass is 9.92. The van der Waals surface area contributed by atoms with Gasteiger partial charge in [0, 0.05) is 51.0 Å². The topological polar surface area (TPSA) is 75.4 Å². The summed E-state index contributed by atoms with van der Waals surface area (Å²) in [5.41, 5.74) is 2.22. The standard InChI is InChI=1S/C31H42N6O2/c1-23-20-24(2)22-34(21-23)15-9-14-32-29(38)26-12-18-36(19-13-26)31(39)28-25(3)33-37(27-10-5-4-6-11-27)30(28)35-16-7-8-17-35/h4-8,10-11,16-17,23-24,26H,9,12-15,18-22H2,1-3H3,(H,32,38). The second kappa shape index (κ2) is 12.2. The minimum absolute atomic E-state index is 0.0257. The molecule has 2 fully saturated rings. The van der Waals surface area contributed by atoms with Crippen molar-refractivity contribution in [2.45, 2.75) is 46.5 Å². The number of carbonyl (C=O) groups is 2. The molecule has 0 aliphatic carbocycles. The summed E-state index contributed by atoms with van der Waals surface area (Å²) >= 11 is 0. The molecule has 8 nitrogen and oxygen atoms in total. The van der Waals surface area contributed by atoms with E-state index in [4.69, 9.17) is 5.10 Å². The minimum atomic E-state index is -0.0406. The first-order chi connectivity index (χ1) is 18.9. The minimum Gasteiger partial charge on any atom is -0.356 e. The monoisotopic (exact) mass is 530 g/mol. The summed E-state index contributed by atoms with van der Waals surface area (Å²) in [5, 5.41) is 7.92. The number of para-hydroxylation sites is 1. The second-order valence-corrected chi connectivity index (χ2v) is 11.5. The summed E-state index contributed by atoms with van der Waals surface area (Å²) in [7, 11) is 0. The highest BCUT2D eigenvalue weighted by Crippen LogP contribution is 2.27. The van der Waals surface area contributed by atoms with Crippen LogP contribution in [-0.2, 0) is 4.79 Å². The van der Waals surface area contributed by atoms with Crippen LogP contribution < -0.4 is 5.32 Å². The highest BCUT2D eigenvalue weighted by atomic mass is 16.2. The number of carbonyl (C=O) groups excluding carboxylic acids is 2. The number of piperidine rings is 2. The zero-order valence-electron chi connectivity index (χ0n) is 23.6. The Hall–Kier alpha value is -3.39. The van der Waals surface area contributed by atoms with Crippen LogP contribution >= 0.6 is 0 Å². The molecule has 2 amide bonds. The normalized spacial score (nSPS) is 20.7. The first-order valence-corrected chi connectivity index (χ1v) is 14.5. The number of aromatic nitrogens is 3. The van der Waals surface area contributed by atoms with Crippen molar-refractivity contribution in [1.29, 1.82) is 0 Å². The molecule has 8 heteroatoms. The van der Waals surface area contributed by atoms with Crippen molar-refractivity contribution >= 4 is 11.8 Å². The van der Waals surface area contributed by atoms with Crippen LogP contribution in [0, 0.1) is 24.7 Å². The van der Waals surface area contributed by atoms with Gasteiger partial charge in [0.25, 0.3) is 5.91 Å². The highest BCUT2D eigenvalue weighted by molar-refractivity contribution is 5.99. The van der Waals surface area contributed by atoms with Gasteiger partial charge in [-0.3, -0.25) is 9.59 Å². The van der Waals surface area contributed by atoms with Gasteiger partial charge in [0.15, 0.2) is 5.82 Å². The molecule has 0 radical (unpaired) electrons. The summed E-state index contributed by atoms with van der Waals surface area (Å²) in [6, 6.07) is 13.8. The van der Waals surface area contributed by atoms with E-state index in [0.29, 0.717) is 37.2 Å². The van der Waals surface area contributed by atoms with Crippen molar-refractivity contribution in [2.75, 3.05) is 39.3 Å². The molecule has 2 aliphatic rings. The number of rotatable bonds is 8. The van der Waals surface area contributed by atoms with Gasteiger partial charge in [-0.05, 0) is 75.3 Å². The Bertz CT molecular complexity index is 1230. The summed E-state index contributed by atoms with van der Waals surface area (Å²) in [4.78, 5) is 31.1. The summed E-state index contributed by atoms with van der Waals surface area (Å²) in [6.45, 7) is 11.8. The maximum absolute atomic E-state index is 13.8. The maximum Gasteiger partial charge on any atom is 0.259 e. The molecular formula is C31H42N6O2. The molecule has 0 saturated carbocycles. The largest absolute Gasteiger partial charge is 0.356 e. The quantitative estimate of drug-likeness (QED) is 0.441. The van der Waals surface area contributed by atoms with Gasteiger partial charge >= 0.3 is 0 Å². The third-order valence-corrected chi connectivity index (χ3v) is 8.15. The van der Waals surface area contributed by atoms with Gasteiger partial charge in [0.2, 0.25) is 5.91 Å². The van der Waals surface area contributed by atoms with E-state index in [9.17, 15) is 9.59 Å². The van der Waals surface area contributed by atoms with Crippen LogP contribution in [0.15, 0.2) is 54.9 Å². The Morgan fingerprint density at radius 1 is 0.974 bits per heavy atom. The van der Waals surface area contributed by atoms with Gasteiger partial charge in [-0.2, -0.15) is 5.10 Å². The number of benzene rings is 1. The van der Waals surface area contributed by atoms with Crippen molar-refractivity contribution in [3.63, 3.8) is 0 Å². The van der Waals surface area contributed by atoms with E-state index < -0.39 is 0 Å². The number of hydrogen-bond acceptors (Lipinski definition) is 4. The molecule has 5 rings (SSSR count). The fourth-order valence-electron chi connectivity index (χ4n) is 6.36. The first kappa shape index (κ1) is 27.2. The Labute approximate surface area is 232 Å². The number of nitrogens with zero attached hydrogens (tertiary/aromatic N) is 5. The lowest BCUT2D eigenvalue weighted by Crippen LogP contribution is -2.44. The zero-order valence-corrected chi connectivity index (χ0v) is 23.6. The predicted octanol–water partition coefficient (Wildman–Crippen LogP) is 4.31. The first-order valence-electron chi connectivity index (χ1n) is 14.5. The average molecular weight is 531 g/mol. The van der Waals surface area contributed by atoms with Crippen LogP contribution in [0.5, 0.6) is 0 Å². The van der Waals surface area contributed by atoms with E-state index in [-0.39, 0.29) is 17.7 Å². The molecule has 2 aromatic heterocycles. The molecule has 2 saturated heterocycles. The molecule has 4 heterocycles. The van der Waals surface area contributed by atoms with Crippen LogP contribution in [0.1, 0.15) is 55.6 Å². The summed E-state index contributed by atoms with van der Waals surface area (Å²) < 4.78 is 3.79. The van der Waals surface area contributed by atoms with E-state index in [2.05, 4.69) is 24.1 Å². The van der Waals surface area contributed by atoms with Gasteiger partial charge in [-0.25, -0.2) is 4.68 Å².